The number of hydrogen-bond acceptors (Lipinski definition) is 4. The number of para-hydroxylation sites is 2. The maximum atomic E-state index is 11.7. The molecule has 130 valence electrons. The van der Waals surface area contributed by atoms with Crippen molar-refractivity contribution < 1.29 is 19.1 Å². The van der Waals surface area contributed by atoms with Gasteiger partial charge in [0.15, 0.2) is 18.1 Å². The van der Waals surface area contributed by atoms with Crippen LogP contribution < -0.4 is 20.3 Å². The van der Waals surface area contributed by atoms with Gasteiger partial charge in [0.1, 0.15) is 0 Å². The largest absolute Gasteiger partial charge is 0.490 e. The number of ether oxygens (including phenoxy) is 2. The van der Waals surface area contributed by atoms with Crippen LogP contribution in [0.1, 0.15) is 12.5 Å². The summed E-state index contributed by atoms with van der Waals surface area (Å²) in [6, 6.07) is 16.4. The van der Waals surface area contributed by atoms with Crippen LogP contribution in [0, 0.1) is 0 Å². The molecule has 2 aromatic rings. The highest BCUT2D eigenvalue weighted by atomic mass is 16.5. The van der Waals surface area contributed by atoms with Gasteiger partial charge in [0.05, 0.1) is 6.61 Å². The van der Waals surface area contributed by atoms with Crippen molar-refractivity contribution in [1.29, 1.82) is 0 Å². The first-order valence-corrected chi connectivity index (χ1v) is 7.85. The number of carbonyl (C=O) groups is 2. The highest BCUT2D eigenvalue weighted by Gasteiger charge is 2.07. The summed E-state index contributed by atoms with van der Waals surface area (Å²) in [4.78, 5) is 23.4. The molecule has 2 amide bonds. The first kappa shape index (κ1) is 18.1. The van der Waals surface area contributed by atoms with Crippen molar-refractivity contribution in [3.63, 3.8) is 0 Å². The summed E-state index contributed by atoms with van der Waals surface area (Å²) in [6.07, 6.45) is 2.98. The van der Waals surface area contributed by atoms with E-state index >= 15 is 0 Å². The van der Waals surface area contributed by atoms with Gasteiger partial charge >= 0.3 is 0 Å². The lowest BCUT2D eigenvalue weighted by Crippen LogP contribution is -2.43. The Morgan fingerprint density at radius 1 is 0.920 bits per heavy atom. The predicted octanol–water partition coefficient (Wildman–Crippen LogP) is 2.32. The molecular formula is C19H20N2O4. The van der Waals surface area contributed by atoms with Gasteiger partial charge in [-0.2, -0.15) is 0 Å². The number of amides is 2. The molecule has 0 aromatic heterocycles. The molecule has 0 spiro atoms. The molecule has 0 radical (unpaired) electrons. The van der Waals surface area contributed by atoms with E-state index in [-0.39, 0.29) is 6.61 Å². The lowest BCUT2D eigenvalue weighted by molar-refractivity contribution is -0.128. The van der Waals surface area contributed by atoms with Crippen molar-refractivity contribution in [2.45, 2.75) is 6.92 Å². The minimum absolute atomic E-state index is 0.243. The number of hydrogen-bond donors (Lipinski definition) is 2. The Hall–Kier alpha value is -3.28. The third-order valence-electron chi connectivity index (χ3n) is 3.06. The Balaban J connectivity index is 1.75. The van der Waals surface area contributed by atoms with Gasteiger partial charge < -0.3 is 9.47 Å². The second-order valence-electron chi connectivity index (χ2n) is 4.95. The van der Waals surface area contributed by atoms with Gasteiger partial charge in [-0.3, -0.25) is 20.4 Å². The molecule has 2 aromatic carbocycles. The Morgan fingerprint density at radius 2 is 1.56 bits per heavy atom. The molecule has 0 aliphatic rings. The number of benzene rings is 2. The van der Waals surface area contributed by atoms with Crippen LogP contribution in [0.4, 0.5) is 0 Å². The van der Waals surface area contributed by atoms with Crippen LogP contribution in [-0.4, -0.2) is 25.0 Å². The molecule has 0 saturated heterocycles. The number of hydrazine groups is 1. The van der Waals surface area contributed by atoms with Crippen LogP contribution in [0.15, 0.2) is 60.7 Å². The Bertz CT molecular complexity index is 729. The fourth-order valence-corrected chi connectivity index (χ4v) is 1.93. The van der Waals surface area contributed by atoms with E-state index in [2.05, 4.69) is 10.9 Å². The number of nitrogens with one attached hydrogen (secondary N) is 2. The van der Waals surface area contributed by atoms with Crippen LogP contribution in [-0.2, 0) is 9.59 Å². The minimum Gasteiger partial charge on any atom is -0.490 e. The van der Waals surface area contributed by atoms with Crippen molar-refractivity contribution in [3.05, 3.63) is 66.2 Å². The topological polar surface area (TPSA) is 76.7 Å². The second-order valence-corrected chi connectivity index (χ2v) is 4.95. The summed E-state index contributed by atoms with van der Waals surface area (Å²) in [5.74, 6) is 0.113. The maximum Gasteiger partial charge on any atom is 0.276 e. The monoisotopic (exact) mass is 340 g/mol. The third-order valence-corrected chi connectivity index (χ3v) is 3.06. The summed E-state index contributed by atoms with van der Waals surface area (Å²) in [5.41, 5.74) is 5.47. The molecule has 0 aliphatic carbocycles. The zero-order chi connectivity index (χ0) is 17.9. The quantitative estimate of drug-likeness (QED) is 0.599. The van der Waals surface area contributed by atoms with Gasteiger partial charge in [-0.05, 0) is 30.7 Å². The second kappa shape index (κ2) is 9.77. The summed E-state index contributed by atoms with van der Waals surface area (Å²) in [7, 11) is 0. The first-order chi connectivity index (χ1) is 12.2. The van der Waals surface area contributed by atoms with Gasteiger partial charge in [0.25, 0.3) is 11.8 Å². The van der Waals surface area contributed by atoms with Gasteiger partial charge in [-0.25, -0.2) is 0 Å². The maximum absolute atomic E-state index is 11.7. The molecule has 0 atom stereocenters. The zero-order valence-electron chi connectivity index (χ0n) is 13.9. The van der Waals surface area contributed by atoms with E-state index in [0.29, 0.717) is 18.1 Å². The lowest BCUT2D eigenvalue weighted by Gasteiger charge is -2.11. The average molecular weight is 340 g/mol. The van der Waals surface area contributed by atoms with Gasteiger partial charge in [-0.15, -0.1) is 0 Å². The Kier molecular flexibility index (Phi) is 7.06. The fourth-order valence-electron chi connectivity index (χ4n) is 1.93. The number of carbonyl (C=O) groups excluding carboxylic acids is 2. The van der Waals surface area contributed by atoms with E-state index in [4.69, 9.17) is 9.47 Å². The Labute approximate surface area is 146 Å². The van der Waals surface area contributed by atoms with Crippen LogP contribution in [0.25, 0.3) is 6.08 Å². The first-order valence-electron chi connectivity index (χ1n) is 7.85. The molecule has 0 heterocycles. The predicted molar refractivity (Wildman–Crippen MR) is 94.9 cm³/mol. The van der Waals surface area contributed by atoms with Crippen LogP contribution in [0.5, 0.6) is 11.5 Å². The zero-order valence-corrected chi connectivity index (χ0v) is 13.9. The van der Waals surface area contributed by atoms with Gasteiger partial charge in [0, 0.05) is 6.08 Å². The Morgan fingerprint density at radius 3 is 2.24 bits per heavy atom. The van der Waals surface area contributed by atoms with E-state index < -0.39 is 11.8 Å². The highest BCUT2D eigenvalue weighted by Crippen LogP contribution is 2.26. The third kappa shape index (κ3) is 6.39. The summed E-state index contributed by atoms with van der Waals surface area (Å²) in [6.45, 7) is 2.12. The standard InChI is InChI=1S/C19H20N2O4/c1-2-24-16-10-6-7-11-17(16)25-14-19(23)21-20-18(22)13-12-15-8-4-3-5-9-15/h3-13H,2,14H2,1H3,(H,20,22)(H,21,23). The molecule has 0 saturated carbocycles. The van der Waals surface area contributed by atoms with Crippen molar-refractivity contribution in [3.8, 4) is 11.5 Å². The number of rotatable bonds is 7. The SMILES string of the molecule is CCOc1ccccc1OCC(=O)NNC(=O)C=Cc1ccccc1. The smallest absolute Gasteiger partial charge is 0.276 e. The molecule has 2 N–H and O–H groups in total. The summed E-state index contributed by atoms with van der Waals surface area (Å²) in [5, 5.41) is 0. The molecule has 6 nitrogen and oxygen atoms in total. The van der Waals surface area contributed by atoms with E-state index in [9.17, 15) is 9.59 Å². The van der Waals surface area contributed by atoms with Crippen molar-refractivity contribution in [2.24, 2.45) is 0 Å². The van der Waals surface area contributed by atoms with Crippen LogP contribution in [0.2, 0.25) is 0 Å². The molecule has 0 aliphatic heterocycles. The lowest BCUT2D eigenvalue weighted by atomic mass is 10.2. The van der Waals surface area contributed by atoms with E-state index in [1.165, 1.54) is 6.08 Å². The van der Waals surface area contributed by atoms with Crippen LogP contribution in [0.3, 0.4) is 0 Å². The van der Waals surface area contributed by atoms with Crippen LogP contribution >= 0.6 is 0 Å². The van der Waals surface area contributed by atoms with Crippen molar-refractivity contribution in [2.75, 3.05) is 13.2 Å². The van der Waals surface area contributed by atoms with E-state index in [1.807, 2.05) is 43.3 Å². The highest BCUT2D eigenvalue weighted by molar-refractivity contribution is 5.93. The molecular weight excluding hydrogens is 320 g/mol. The van der Waals surface area contributed by atoms with E-state index in [1.54, 1.807) is 24.3 Å². The molecule has 0 fully saturated rings. The van der Waals surface area contributed by atoms with Crippen molar-refractivity contribution >= 4 is 17.9 Å². The van der Waals surface area contributed by atoms with E-state index in [0.717, 1.165) is 5.56 Å². The minimum atomic E-state index is -0.479. The molecule has 6 heteroatoms. The fraction of sp³-hybridized carbons (Fsp3) is 0.158. The molecule has 0 bridgehead atoms. The average Bonchev–Trinajstić information content (AvgIpc) is 2.65. The summed E-state index contributed by atoms with van der Waals surface area (Å²) >= 11 is 0. The molecule has 2 rings (SSSR count). The van der Waals surface area contributed by atoms with Gasteiger partial charge in [-0.1, -0.05) is 42.5 Å². The van der Waals surface area contributed by atoms with Gasteiger partial charge in [0.2, 0.25) is 0 Å². The molecule has 0 unspecified atom stereocenters. The molecule has 25 heavy (non-hydrogen) atoms. The summed E-state index contributed by atoms with van der Waals surface area (Å²) < 4.78 is 10.8. The van der Waals surface area contributed by atoms with Crippen molar-refractivity contribution in [1.82, 2.24) is 10.9 Å². The normalized spacial score (nSPS) is 10.3.